The number of esters is 2. The molecule has 0 unspecified atom stereocenters. The molecule has 4 heteroatoms. The number of hydrogen-bond donors (Lipinski definition) is 0. The minimum absolute atomic E-state index is 0.0898. The molecule has 0 bridgehead atoms. The van der Waals surface area contributed by atoms with Crippen molar-refractivity contribution in [3.05, 3.63) is 35.9 Å². The van der Waals surface area contributed by atoms with Crippen LogP contribution >= 0.6 is 0 Å². The first-order valence-electron chi connectivity index (χ1n) is 6.56. The predicted octanol–water partition coefficient (Wildman–Crippen LogP) is 2.17. The fourth-order valence-corrected chi connectivity index (χ4v) is 1.53. The summed E-state index contributed by atoms with van der Waals surface area (Å²) in [6.45, 7) is 3.83. The molecule has 0 spiro atoms. The average Bonchev–Trinajstić information content (AvgIpc) is 2.45. The lowest BCUT2D eigenvalue weighted by atomic mass is 10.1. The molecular formula is C16H18O4. The van der Waals surface area contributed by atoms with Crippen LogP contribution in [-0.2, 0) is 19.1 Å². The van der Waals surface area contributed by atoms with Crippen LogP contribution in [0.5, 0.6) is 0 Å². The summed E-state index contributed by atoms with van der Waals surface area (Å²) in [6, 6.07) is 9.36. The van der Waals surface area contributed by atoms with Gasteiger partial charge in [-0.05, 0) is 26.0 Å². The summed E-state index contributed by atoms with van der Waals surface area (Å²) < 4.78 is 9.73. The van der Waals surface area contributed by atoms with Crippen molar-refractivity contribution in [2.75, 3.05) is 13.2 Å². The van der Waals surface area contributed by atoms with Gasteiger partial charge in [0.15, 0.2) is 5.92 Å². The van der Waals surface area contributed by atoms with Crippen LogP contribution in [0.15, 0.2) is 30.3 Å². The van der Waals surface area contributed by atoms with Crippen LogP contribution in [0.4, 0.5) is 0 Å². The second-order valence-electron chi connectivity index (χ2n) is 3.93. The van der Waals surface area contributed by atoms with Gasteiger partial charge in [0.05, 0.1) is 13.2 Å². The van der Waals surface area contributed by atoms with Crippen molar-refractivity contribution in [2.24, 2.45) is 5.92 Å². The molecule has 0 aliphatic rings. The summed E-state index contributed by atoms with van der Waals surface area (Å²) in [6.07, 6.45) is 0.0898. The smallest absolute Gasteiger partial charge is 0.321 e. The van der Waals surface area contributed by atoms with Crippen molar-refractivity contribution in [3.63, 3.8) is 0 Å². The zero-order valence-electron chi connectivity index (χ0n) is 11.7. The number of carbonyl (C=O) groups is 2. The number of ether oxygens (including phenoxy) is 2. The maximum atomic E-state index is 11.7. The molecule has 0 saturated heterocycles. The van der Waals surface area contributed by atoms with E-state index >= 15 is 0 Å². The van der Waals surface area contributed by atoms with Gasteiger partial charge >= 0.3 is 11.9 Å². The third-order valence-electron chi connectivity index (χ3n) is 2.45. The standard InChI is InChI=1S/C16H18O4/c1-3-19-15(17)14(16(18)20-4-2)12-8-11-13-9-6-5-7-10-13/h5-7,9-10,14H,3-4,12H2,1-2H3. The SMILES string of the molecule is CCOC(=O)C(CC#Cc1ccccc1)C(=O)OCC. The highest BCUT2D eigenvalue weighted by Crippen LogP contribution is 2.08. The molecule has 20 heavy (non-hydrogen) atoms. The van der Waals surface area contributed by atoms with Crippen molar-refractivity contribution >= 4 is 11.9 Å². The van der Waals surface area contributed by atoms with E-state index in [9.17, 15) is 9.59 Å². The van der Waals surface area contributed by atoms with Gasteiger partial charge in [0.1, 0.15) is 0 Å². The highest BCUT2D eigenvalue weighted by molar-refractivity contribution is 5.95. The maximum absolute atomic E-state index is 11.7. The normalized spacial score (nSPS) is 9.55. The third-order valence-corrected chi connectivity index (χ3v) is 2.45. The number of hydrogen-bond acceptors (Lipinski definition) is 4. The molecule has 0 heterocycles. The van der Waals surface area contributed by atoms with E-state index in [1.165, 1.54) is 0 Å². The van der Waals surface area contributed by atoms with E-state index in [1.54, 1.807) is 13.8 Å². The Morgan fingerprint density at radius 1 is 1.05 bits per heavy atom. The molecule has 0 saturated carbocycles. The van der Waals surface area contributed by atoms with Gasteiger partial charge < -0.3 is 9.47 Å². The van der Waals surface area contributed by atoms with Crippen molar-refractivity contribution in [3.8, 4) is 11.8 Å². The number of carbonyl (C=O) groups excluding carboxylic acids is 2. The Balaban J connectivity index is 2.72. The van der Waals surface area contributed by atoms with Gasteiger partial charge in [-0.2, -0.15) is 0 Å². The Hall–Kier alpha value is -2.28. The molecule has 1 rings (SSSR count). The molecule has 0 atom stereocenters. The first-order chi connectivity index (χ1) is 9.69. The molecule has 0 N–H and O–H groups in total. The Morgan fingerprint density at radius 3 is 2.10 bits per heavy atom. The first-order valence-corrected chi connectivity index (χ1v) is 6.56. The average molecular weight is 274 g/mol. The van der Waals surface area contributed by atoms with Crippen LogP contribution in [0.2, 0.25) is 0 Å². The lowest BCUT2D eigenvalue weighted by Crippen LogP contribution is -2.27. The van der Waals surface area contributed by atoms with E-state index in [4.69, 9.17) is 9.47 Å². The third kappa shape index (κ3) is 5.15. The second-order valence-corrected chi connectivity index (χ2v) is 3.93. The first kappa shape index (κ1) is 15.8. The van der Waals surface area contributed by atoms with Crippen molar-refractivity contribution in [2.45, 2.75) is 20.3 Å². The van der Waals surface area contributed by atoms with E-state index in [2.05, 4.69) is 11.8 Å². The van der Waals surface area contributed by atoms with Crippen molar-refractivity contribution in [1.29, 1.82) is 0 Å². The molecule has 0 aromatic heterocycles. The van der Waals surface area contributed by atoms with Crippen LogP contribution in [0.1, 0.15) is 25.8 Å². The highest BCUT2D eigenvalue weighted by atomic mass is 16.6. The number of rotatable bonds is 5. The Bertz CT molecular complexity index is 478. The van der Waals surface area contributed by atoms with Gasteiger partial charge in [0.2, 0.25) is 0 Å². The topological polar surface area (TPSA) is 52.6 Å². The second kappa shape index (κ2) is 8.76. The zero-order valence-corrected chi connectivity index (χ0v) is 11.7. The largest absolute Gasteiger partial charge is 0.465 e. The molecule has 1 aromatic rings. The summed E-state index contributed by atoms with van der Waals surface area (Å²) in [5, 5.41) is 0. The molecule has 106 valence electrons. The summed E-state index contributed by atoms with van der Waals surface area (Å²) in [4.78, 5) is 23.4. The van der Waals surface area contributed by atoms with E-state index in [1.807, 2.05) is 30.3 Å². The van der Waals surface area contributed by atoms with Crippen molar-refractivity contribution in [1.82, 2.24) is 0 Å². The van der Waals surface area contributed by atoms with Crippen LogP contribution in [-0.4, -0.2) is 25.2 Å². The molecule has 0 aliphatic heterocycles. The Kier molecular flexibility index (Phi) is 6.91. The Labute approximate surface area is 119 Å². The Morgan fingerprint density at radius 2 is 1.60 bits per heavy atom. The summed E-state index contributed by atoms with van der Waals surface area (Å²) in [5.41, 5.74) is 0.832. The van der Waals surface area contributed by atoms with Gasteiger partial charge in [-0.1, -0.05) is 30.0 Å². The molecule has 0 amide bonds. The molecule has 0 fully saturated rings. The molecule has 4 nitrogen and oxygen atoms in total. The quantitative estimate of drug-likeness (QED) is 0.469. The summed E-state index contributed by atoms with van der Waals surface area (Å²) in [7, 11) is 0. The number of benzene rings is 1. The highest BCUT2D eigenvalue weighted by Gasteiger charge is 2.28. The van der Waals surface area contributed by atoms with Crippen LogP contribution in [0.25, 0.3) is 0 Å². The van der Waals surface area contributed by atoms with Crippen LogP contribution in [0.3, 0.4) is 0 Å². The lowest BCUT2D eigenvalue weighted by Gasteiger charge is -2.11. The molecule has 0 radical (unpaired) electrons. The molecule has 1 aromatic carbocycles. The van der Waals surface area contributed by atoms with E-state index < -0.39 is 17.9 Å². The minimum Gasteiger partial charge on any atom is -0.465 e. The monoisotopic (exact) mass is 274 g/mol. The fraction of sp³-hybridized carbons (Fsp3) is 0.375. The predicted molar refractivity (Wildman–Crippen MR) is 74.7 cm³/mol. The zero-order chi connectivity index (χ0) is 14.8. The van der Waals surface area contributed by atoms with E-state index in [0.29, 0.717) is 0 Å². The van der Waals surface area contributed by atoms with E-state index in [-0.39, 0.29) is 19.6 Å². The van der Waals surface area contributed by atoms with Gasteiger partial charge in [0.25, 0.3) is 0 Å². The summed E-state index contributed by atoms with van der Waals surface area (Å²) >= 11 is 0. The van der Waals surface area contributed by atoms with Gasteiger partial charge in [-0.25, -0.2) is 0 Å². The van der Waals surface area contributed by atoms with Gasteiger partial charge in [0, 0.05) is 12.0 Å². The summed E-state index contributed by atoms with van der Waals surface area (Å²) in [5.74, 6) is 3.57. The fourth-order valence-electron chi connectivity index (χ4n) is 1.53. The maximum Gasteiger partial charge on any atom is 0.321 e. The minimum atomic E-state index is -0.980. The lowest BCUT2D eigenvalue weighted by molar-refractivity contribution is -0.161. The van der Waals surface area contributed by atoms with Gasteiger partial charge in [-0.15, -0.1) is 0 Å². The molecule has 0 aliphatic carbocycles. The van der Waals surface area contributed by atoms with Gasteiger partial charge in [-0.3, -0.25) is 9.59 Å². The molecular weight excluding hydrogens is 256 g/mol. The van der Waals surface area contributed by atoms with Crippen LogP contribution < -0.4 is 0 Å². The van der Waals surface area contributed by atoms with Crippen LogP contribution in [0, 0.1) is 17.8 Å². The van der Waals surface area contributed by atoms with E-state index in [0.717, 1.165) is 5.56 Å². The van der Waals surface area contributed by atoms with Crippen molar-refractivity contribution < 1.29 is 19.1 Å².